The number of unbranched alkanes of at least 4 members (excludes halogenated alkanes) is 3. The van der Waals surface area contributed by atoms with E-state index in [0.29, 0.717) is 0 Å². The second-order valence-corrected chi connectivity index (χ2v) is 6.87. The fraction of sp³-hybridized carbons (Fsp3) is 0.667. The van der Waals surface area contributed by atoms with Crippen molar-refractivity contribution in [1.29, 1.82) is 0 Å². The van der Waals surface area contributed by atoms with Gasteiger partial charge in [-0.25, -0.2) is 0 Å². The molecule has 1 heterocycles. The van der Waals surface area contributed by atoms with Crippen LogP contribution >= 0.6 is 39.9 Å². The first-order valence-corrected chi connectivity index (χ1v) is 8.05. The Kier molecular flexibility index (Phi) is 7.79. The number of hydrogen-bond acceptors (Lipinski definition) is 3. The molecule has 1 rings (SSSR count). The van der Waals surface area contributed by atoms with E-state index in [9.17, 15) is 0 Å². The van der Waals surface area contributed by atoms with Crippen molar-refractivity contribution in [3.63, 3.8) is 0 Å². The van der Waals surface area contributed by atoms with E-state index in [-0.39, 0.29) is 0 Å². The van der Waals surface area contributed by atoms with Gasteiger partial charge >= 0.3 is 0 Å². The van der Waals surface area contributed by atoms with Gasteiger partial charge in [-0.1, -0.05) is 12.8 Å². The summed E-state index contributed by atoms with van der Waals surface area (Å²) >= 11 is 9.48. The number of nitrogens with zero attached hydrogens (tertiary/aromatic N) is 1. The first kappa shape index (κ1) is 14.6. The predicted octanol–water partition coefficient (Wildman–Crippen LogP) is 4.43. The lowest BCUT2D eigenvalue weighted by Gasteiger charge is -2.15. The zero-order chi connectivity index (χ0) is 11.8. The van der Waals surface area contributed by atoms with Gasteiger partial charge in [0.2, 0.25) is 0 Å². The van der Waals surface area contributed by atoms with Crippen molar-refractivity contribution in [2.45, 2.75) is 32.2 Å². The Labute approximate surface area is 117 Å². The molecule has 1 nitrogen and oxygen atoms in total. The molecule has 0 aliphatic carbocycles. The van der Waals surface area contributed by atoms with Gasteiger partial charge in [-0.3, -0.25) is 0 Å². The molecule has 0 aromatic carbocycles. The monoisotopic (exact) mass is 321 g/mol. The quantitative estimate of drug-likeness (QED) is 0.547. The van der Waals surface area contributed by atoms with Gasteiger partial charge in [0, 0.05) is 6.54 Å². The SMILES string of the molecule is CN(CCCCCCS)Cc1csc(Br)c1. The van der Waals surface area contributed by atoms with Gasteiger partial charge in [-0.05, 0) is 65.1 Å². The van der Waals surface area contributed by atoms with E-state index in [4.69, 9.17) is 0 Å². The number of rotatable bonds is 8. The zero-order valence-electron chi connectivity index (χ0n) is 9.79. The van der Waals surface area contributed by atoms with Crippen molar-refractivity contribution < 1.29 is 0 Å². The van der Waals surface area contributed by atoms with Crippen LogP contribution in [0.15, 0.2) is 15.2 Å². The molecule has 0 atom stereocenters. The van der Waals surface area contributed by atoms with Gasteiger partial charge < -0.3 is 4.90 Å². The van der Waals surface area contributed by atoms with E-state index in [2.05, 4.69) is 52.0 Å². The van der Waals surface area contributed by atoms with Crippen LogP contribution in [0.2, 0.25) is 0 Å². The summed E-state index contributed by atoms with van der Waals surface area (Å²) in [6.07, 6.45) is 5.21. The standard InChI is InChI=1S/C12H20BrNS2/c1-14(6-4-2-3-5-7-15)9-11-8-12(13)16-10-11/h8,10,15H,2-7,9H2,1H3. The van der Waals surface area contributed by atoms with Gasteiger partial charge in [0.25, 0.3) is 0 Å². The van der Waals surface area contributed by atoms with Crippen molar-refractivity contribution in [1.82, 2.24) is 4.90 Å². The average molecular weight is 322 g/mol. The van der Waals surface area contributed by atoms with Crippen LogP contribution in [0.25, 0.3) is 0 Å². The molecule has 0 radical (unpaired) electrons. The Hall–Kier alpha value is 0.490. The van der Waals surface area contributed by atoms with Crippen LogP contribution in [0.5, 0.6) is 0 Å². The second kappa shape index (κ2) is 8.56. The van der Waals surface area contributed by atoms with Crippen LogP contribution in [-0.2, 0) is 6.54 Å². The molecule has 4 heteroatoms. The first-order chi connectivity index (χ1) is 7.72. The minimum absolute atomic E-state index is 1.03. The van der Waals surface area contributed by atoms with Crippen LogP contribution in [0.3, 0.4) is 0 Å². The lowest BCUT2D eigenvalue weighted by molar-refractivity contribution is 0.317. The summed E-state index contributed by atoms with van der Waals surface area (Å²) < 4.78 is 1.23. The smallest absolute Gasteiger partial charge is 0.0701 e. The Morgan fingerprint density at radius 3 is 2.69 bits per heavy atom. The molecule has 0 aliphatic rings. The average Bonchev–Trinajstić information content (AvgIpc) is 2.63. The molecule has 0 saturated heterocycles. The molecule has 0 spiro atoms. The third kappa shape index (κ3) is 6.28. The summed E-state index contributed by atoms with van der Waals surface area (Å²) in [6.45, 7) is 2.26. The fourth-order valence-electron chi connectivity index (χ4n) is 1.67. The number of thiol groups is 1. The van der Waals surface area contributed by atoms with E-state index in [1.807, 2.05) is 0 Å². The highest BCUT2D eigenvalue weighted by Crippen LogP contribution is 2.21. The molecule has 16 heavy (non-hydrogen) atoms. The fourth-order valence-corrected chi connectivity index (χ4v) is 3.09. The molecule has 1 aromatic heterocycles. The van der Waals surface area contributed by atoms with E-state index in [1.54, 1.807) is 11.3 Å². The van der Waals surface area contributed by atoms with Crippen molar-refractivity contribution in [3.8, 4) is 0 Å². The van der Waals surface area contributed by atoms with Crippen LogP contribution in [-0.4, -0.2) is 24.2 Å². The van der Waals surface area contributed by atoms with Gasteiger partial charge in [0.1, 0.15) is 0 Å². The number of halogens is 1. The summed E-state index contributed by atoms with van der Waals surface area (Å²) in [5.74, 6) is 1.03. The molecule has 0 bridgehead atoms. The molecule has 0 N–H and O–H groups in total. The maximum Gasteiger partial charge on any atom is 0.0701 e. The Balaban J connectivity index is 2.09. The van der Waals surface area contributed by atoms with Crippen molar-refractivity contribution >= 4 is 39.9 Å². The van der Waals surface area contributed by atoms with Crippen molar-refractivity contribution in [2.24, 2.45) is 0 Å². The molecule has 0 amide bonds. The highest BCUT2D eigenvalue weighted by molar-refractivity contribution is 9.11. The molecule has 1 aromatic rings. The Morgan fingerprint density at radius 2 is 2.06 bits per heavy atom. The summed E-state index contributed by atoms with van der Waals surface area (Å²) in [4.78, 5) is 2.40. The summed E-state index contributed by atoms with van der Waals surface area (Å²) in [5, 5.41) is 2.22. The van der Waals surface area contributed by atoms with E-state index in [1.165, 1.54) is 41.6 Å². The lowest BCUT2D eigenvalue weighted by atomic mass is 10.2. The topological polar surface area (TPSA) is 3.24 Å². The minimum Gasteiger partial charge on any atom is -0.302 e. The van der Waals surface area contributed by atoms with Gasteiger partial charge in [0.05, 0.1) is 3.79 Å². The number of hydrogen-bond donors (Lipinski definition) is 1. The van der Waals surface area contributed by atoms with Crippen molar-refractivity contribution in [3.05, 3.63) is 20.8 Å². The highest BCUT2D eigenvalue weighted by atomic mass is 79.9. The van der Waals surface area contributed by atoms with E-state index >= 15 is 0 Å². The van der Waals surface area contributed by atoms with Crippen LogP contribution < -0.4 is 0 Å². The number of thiophene rings is 1. The predicted molar refractivity (Wildman–Crippen MR) is 80.7 cm³/mol. The first-order valence-electron chi connectivity index (χ1n) is 5.74. The van der Waals surface area contributed by atoms with Gasteiger partial charge in [-0.15, -0.1) is 11.3 Å². The normalized spacial score (nSPS) is 11.2. The van der Waals surface area contributed by atoms with Gasteiger partial charge in [0.15, 0.2) is 0 Å². The maximum atomic E-state index is 4.22. The van der Waals surface area contributed by atoms with E-state index in [0.717, 1.165) is 12.3 Å². The third-order valence-electron chi connectivity index (χ3n) is 2.52. The molecule has 0 unspecified atom stereocenters. The molecular formula is C12H20BrNS2. The summed E-state index contributed by atoms with van der Waals surface area (Å²) in [6, 6.07) is 2.21. The molecule has 0 aliphatic heterocycles. The maximum absolute atomic E-state index is 4.22. The minimum atomic E-state index is 1.03. The van der Waals surface area contributed by atoms with Crippen LogP contribution in [0, 0.1) is 0 Å². The molecular weight excluding hydrogens is 302 g/mol. The van der Waals surface area contributed by atoms with E-state index < -0.39 is 0 Å². The second-order valence-electron chi connectivity index (χ2n) is 4.13. The zero-order valence-corrected chi connectivity index (χ0v) is 13.1. The molecule has 0 fully saturated rings. The Morgan fingerprint density at radius 1 is 1.31 bits per heavy atom. The van der Waals surface area contributed by atoms with Crippen molar-refractivity contribution in [2.75, 3.05) is 19.3 Å². The Bertz CT molecular complexity index is 288. The largest absolute Gasteiger partial charge is 0.302 e. The summed E-state index contributed by atoms with van der Waals surface area (Å²) in [7, 11) is 2.20. The highest BCUT2D eigenvalue weighted by Gasteiger charge is 2.02. The molecule has 0 saturated carbocycles. The summed E-state index contributed by atoms with van der Waals surface area (Å²) in [5.41, 5.74) is 1.41. The third-order valence-corrected chi connectivity index (χ3v) is 4.39. The van der Waals surface area contributed by atoms with Crippen LogP contribution in [0.1, 0.15) is 31.2 Å². The van der Waals surface area contributed by atoms with Gasteiger partial charge in [-0.2, -0.15) is 12.6 Å². The molecule has 92 valence electrons. The van der Waals surface area contributed by atoms with Crippen LogP contribution in [0.4, 0.5) is 0 Å². The lowest BCUT2D eigenvalue weighted by Crippen LogP contribution is -2.18.